The summed E-state index contributed by atoms with van der Waals surface area (Å²) in [5.41, 5.74) is 1.05. The molecule has 72 valence electrons. The second-order valence-corrected chi connectivity index (χ2v) is 3.45. The van der Waals surface area contributed by atoms with E-state index in [1.54, 1.807) is 0 Å². The van der Waals surface area contributed by atoms with Crippen molar-refractivity contribution >= 4 is 5.78 Å². The molecule has 0 N–H and O–H groups in total. The van der Waals surface area contributed by atoms with E-state index in [0.717, 1.165) is 17.7 Å². The number of hydrogen-bond donors (Lipinski definition) is 0. The topological polar surface area (TPSA) is 26.3 Å². The van der Waals surface area contributed by atoms with Crippen LogP contribution in [-0.4, -0.2) is 5.78 Å². The first-order valence-electron chi connectivity index (χ1n) is 4.73. The fraction of sp³-hybridized carbons (Fsp3) is 0.250. The van der Waals surface area contributed by atoms with Gasteiger partial charge < -0.3 is 4.74 Å². The molecule has 2 nitrogen and oxygen atoms in total. The van der Waals surface area contributed by atoms with Crippen molar-refractivity contribution in [3.05, 3.63) is 41.7 Å². The first-order chi connectivity index (χ1) is 6.77. The molecule has 1 aromatic rings. The van der Waals surface area contributed by atoms with Gasteiger partial charge in [-0.25, -0.2) is 0 Å². The van der Waals surface area contributed by atoms with Crippen molar-refractivity contribution in [1.29, 1.82) is 0 Å². The van der Waals surface area contributed by atoms with Crippen molar-refractivity contribution in [2.75, 3.05) is 0 Å². The molecule has 0 heterocycles. The number of carbonyl (C=O) groups is 1. The van der Waals surface area contributed by atoms with E-state index >= 15 is 0 Å². The average molecular weight is 188 g/mol. The lowest BCUT2D eigenvalue weighted by molar-refractivity contribution is -0.116. The number of hydrogen-bond acceptors (Lipinski definition) is 2. The molecule has 1 aromatic carbocycles. The molecule has 0 aromatic heterocycles. The van der Waals surface area contributed by atoms with Crippen molar-refractivity contribution in [3.63, 3.8) is 0 Å². The number of benzene rings is 1. The van der Waals surface area contributed by atoms with Crippen molar-refractivity contribution in [2.24, 2.45) is 0 Å². The molecule has 0 aliphatic heterocycles. The Hall–Kier alpha value is -1.57. The third kappa shape index (κ3) is 1.69. The summed E-state index contributed by atoms with van der Waals surface area (Å²) in [5, 5.41) is 0. The van der Waals surface area contributed by atoms with Gasteiger partial charge in [0.15, 0.2) is 11.5 Å². The van der Waals surface area contributed by atoms with Gasteiger partial charge in [0.1, 0.15) is 5.75 Å². The highest BCUT2D eigenvalue weighted by Gasteiger charge is 2.22. The van der Waals surface area contributed by atoms with E-state index in [1.165, 1.54) is 0 Å². The van der Waals surface area contributed by atoms with E-state index in [-0.39, 0.29) is 5.78 Å². The van der Waals surface area contributed by atoms with Crippen molar-refractivity contribution in [2.45, 2.75) is 19.8 Å². The van der Waals surface area contributed by atoms with Crippen molar-refractivity contribution in [1.82, 2.24) is 0 Å². The highest BCUT2D eigenvalue weighted by atomic mass is 16.5. The quantitative estimate of drug-likeness (QED) is 0.713. The predicted molar refractivity (Wildman–Crippen MR) is 54.0 cm³/mol. The summed E-state index contributed by atoms with van der Waals surface area (Å²) >= 11 is 0. The number of carbonyl (C=O) groups excluding carboxylic acids is 1. The van der Waals surface area contributed by atoms with Gasteiger partial charge in [-0.2, -0.15) is 0 Å². The molecular formula is C12H12O2. The number of allylic oxidation sites excluding steroid dienone is 2. The fourth-order valence-electron chi connectivity index (χ4n) is 1.52. The first kappa shape index (κ1) is 9.00. The maximum atomic E-state index is 11.4. The maximum absolute atomic E-state index is 11.4. The van der Waals surface area contributed by atoms with Gasteiger partial charge in [0, 0.05) is 6.42 Å². The smallest absolute Gasteiger partial charge is 0.198 e. The average Bonchev–Trinajstić information content (AvgIpc) is 2.51. The van der Waals surface area contributed by atoms with E-state index < -0.39 is 0 Å². The molecule has 0 bridgehead atoms. The van der Waals surface area contributed by atoms with E-state index in [1.807, 2.05) is 37.3 Å². The molecule has 0 saturated carbocycles. The number of ether oxygens (including phenoxy) is 1. The summed E-state index contributed by atoms with van der Waals surface area (Å²) in [6, 6.07) is 9.41. The first-order valence-corrected chi connectivity index (χ1v) is 4.73. The molecule has 1 aliphatic rings. The molecule has 2 heteroatoms. The van der Waals surface area contributed by atoms with Crippen LogP contribution in [0.15, 0.2) is 41.7 Å². The zero-order valence-electron chi connectivity index (χ0n) is 8.12. The third-order valence-electron chi connectivity index (χ3n) is 2.33. The zero-order chi connectivity index (χ0) is 9.97. The van der Waals surface area contributed by atoms with E-state index in [2.05, 4.69) is 0 Å². The molecule has 1 aliphatic carbocycles. The lowest BCUT2D eigenvalue weighted by atomic mass is 10.3. The molecule has 0 spiro atoms. The van der Waals surface area contributed by atoms with Crippen LogP contribution in [-0.2, 0) is 4.79 Å². The van der Waals surface area contributed by atoms with Gasteiger partial charge in [-0.3, -0.25) is 4.79 Å². The van der Waals surface area contributed by atoms with Gasteiger partial charge >= 0.3 is 0 Å². The molecular weight excluding hydrogens is 176 g/mol. The Labute approximate surface area is 83.2 Å². The number of ketones is 1. The summed E-state index contributed by atoms with van der Waals surface area (Å²) in [6.45, 7) is 1.95. The largest absolute Gasteiger partial charge is 0.454 e. The van der Waals surface area contributed by atoms with Crippen LogP contribution >= 0.6 is 0 Å². The Bertz CT molecular complexity index is 377. The summed E-state index contributed by atoms with van der Waals surface area (Å²) in [6.07, 6.45) is 1.43. The number of para-hydroxylation sites is 1. The van der Waals surface area contributed by atoms with Crippen LogP contribution in [0.2, 0.25) is 0 Å². The van der Waals surface area contributed by atoms with E-state index in [9.17, 15) is 4.79 Å². The molecule has 0 amide bonds. The van der Waals surface area contributed by atoms with Gasteiger partial charge in [-0.15, -0.1) is 0 Å². The molecule has 0 radical (unpaired) electrons. The van der Waals surface area contributed by atoms with E-state index in [0.29, 0.717) is 12.2 Å². The monoisotopic (exact) mass is 188 g/mol. The SMILES string of the molecule is CC1=C(Oc2ccccc2)C(=O)CC1. The Balaban J connectivity index is 2.19. The highest BCUT2D eigenvalue weighted by Crippen LogP contribution is 2.25. The van der Waals surface area contributed by atoms with E-state index in [4.69, 9.17) is 4.74 Å². The van der Waals surface area contributed by atoms with Crippen LogP contribution in [0, 0.1) is 0 Å². The zero-order valence-corrected chi connectivity index (χ0v) is 8.12. The Kier molecular flexibility index (Phi) is 2.35. The molecule has 14 heavy (non-hydrogen) atoms. The van der Waals surface area contributed by atoms with Crippen molar-refractivity contribution < 1.29 is 9.53 Å². The summed E-state index contributed by atoms with van der Waals surface area (Å²) in [5.74, 6) is 1.39. The van der Waals surface area contributed by atoms with Crippen LogP contribution < -0.4 is 4.74 Å². The second kappa shape index (κ2) is 3.66. The van der Waals surface area contributed by atoms with Gasteiger partial charge in [-0.1, -0.05) is 18.2 Å². The second-order valence-electron chi connectivity index (χ2n) is 3.45. The lowest BCUT2D eigenvalue weighted by Crippen LogP contribution is -2.04. The molecule has 0 saturated heterocycles. The standard InChI is InChI=1S/C12H12O2/c1-9-7-8-11(13)12(9)14-10-5-3-2-4-6-10/h2-6H,7-8H2,1H3. The molecule has 0 fully saturated rings. The predicted octanol–water partition coefficient (Wildman–Crippen LogP) is 2.70. The van der Waals surface area contributed by atoms with Crippen LogP contribution in [0.25, 0.3) is 0 Å². The minimum atomic E-state index is 0.117. The minimum Gasteiger partial charge on any atom is -0.454 e. The summed E-state index contributed by atoms with van der Waals surface area (Å²) in [7, 11) is 0. The normalized spacial score (nSPS) is 16.2. The molecule has 0 unspecified atom stereocenters. The van der Waals surface area contributed by atoms with Crippen LogP contribution in [0.3, 0.4) is 0 Å². The van der Waals surface area contributed by atoms with Gasteiger partial charge in [0.25, 0.3) is 0 Å². The molecule has 0 atom stereocenters. The van der Waals surface area contributed by atoms with Crippen LogP contribution in [0.1, 0.15) is 19.8 Å². The Morgan fingerprint density at radius 3 is 2.43 bits per heavy atom. The Morgan fingerprint density at radius 2 is 1.86 bits per heavy atom. The summed E-state index contributed by atoms with van der Waals surface area (Å²) < 4.78 is 5.53. The van der Waals surface area contributed by atoms with Crippen LogP contribution in [0.4, 0.5) is 0 Å². The lowest BCUT2D eigenvalue weighted by Gasteiger charge is -2.05. The Morgan fingerprint density at radius 1 is 1.14 bits per heavy atom. The van der Waals surface area contributed by atoms with Gasteiger partial charge in [0.2, 0.25) is 0 Å². The van der Waals surface area contributed by atoms with Gasteiger partial charge in [0.05, 0.1) is 0 Å². The third-order valence-corrected chi connectivity index (χ3v) is 2.33. The number of rotatable bonds is 2. The highest BCUT2D eigenvalue weighted by molar-refractivity contribution is 5.97. The summed E-state index contributed by atoms with van der Waals surface area (Å²) in [4.78, 5) is 11.4. The fourth-order valence-corrected chi connectivity index (χ4v) is 1.52. The molecule has 2 rings (SSSR count). The van der Waals surface area contributed by atoms with Crippen LogP contribution in [0.5, 0.6) is 5.75 Å². The van der Waals surface area contributed by atoms with Gasteiger partial charge in [-0.05, 0) is 31.1 Å². The number of Topliss-reactive ketones (excluding diaryl/α,β-unsaturated/α-hetero) is 1. The maximum Gasteiger partial charge on any atom is 0.198 e. The minimum absolute atomic E-state index is 0.117. The van der Waals surface area contributed by atoms with Crippen molar-refractivity contribution in [3.8, 4) is 5.75 Å².